The molecule has 1 aromatic heterocycles. The van der Waals surface area contributed by atoms with Crippen LogP contribution >= 0.6 is 11.6 Å². The first-order valence-electron chi connectivity index (χ1n) is 6.18. The molecule has 1 saturated carbocycles. The fourth-order valence-corrected chi connectivity index (χ4v) is 2.25. The zero-order valence-electron chi connectivity index (χ0n) is 10.4. The summed E-state index contributed by atoms with van der Waals surface area (Å²) >= 11 is 6.14. The Hall–Kier alpha value is -1.03. The highest BCUT2D eigenvalue weighted by molar-refractivity contribution is 6.32. The molecule has 0 bridgehead atoms. The zero-order valence-corrected chi connectivity index (χ0v) is 11.2. The Morgan fingerprint density at radius 3 is 2.88 bits per heavy atom. The largest absolute Gasteiger partial charge is 0.358 e. The number of halogens is 1. The third kappa shape index (κ3) is 3.00. The summed E-state index contributed by atoms with van der Waals surface area (Å²) in [6.45, 7) is 3.87. The fraction of sp³-hybridized carbons (Fsp3) is 0.667. The SMILES string of the molecule is CCNc1ncc(Cl)c(N(C)CC2CCC2)n1. The van der Waals surface area contributed by atoms with Crippen molar-refractivity contribution in [3.05, 3.63) is 11.2 Å². The van der Waals surface area contributed by atoms with E-state index in [0.717, 1.165) is 24.8 Å². The van der Waals surface area contributed by atoms with Crippen molar-refractivity contribution in [1.29, 1.82) is 0 Å². The highest BCUT2D eigenvalue weighted by Gasteiger charge is 2.21. The summed E-state index contributed by atoms with van der Waals surface area (Å²) in [4.78, 5) is 10.7. The van der Waals surface area contributed by atoms with Crippen LogP contribution in [0.15, 0.2) is 6.20 Å². The Morgan fingerprint density at radius 1 is 1.53 bits per heavy atom. The van der Waals surface area contributed by atoms with Crippen molar-refractivity contribution in [2.45, 2.75) is 26.2 Å². The summed E-state index contributed by atoms with van der Waals surface area (Å²) in [5, 5.41) is 3.72. The van der Waals surface area contributed by atoms with E-state index in [0.29, 0.717) is 11.0 Å². The molecule has 0 amide bonds. The van der Waals surface area contributed by atoms with Crippen molar-refractivity contribution in [2.24, 2.45) is 5.92 Å². The number of aromatic nitrogens is 2. The van der Waals surface area contributed by atoms with Crippen LogP contribution in [0.1, 0.15) is 26.2 Å². The van der Waals surface area contributed by atoms with Crippen molar-refractivity contribution in [3.63, 3.8) is 0 Å². The maximum Gasteiger partial charge on any atom is 0.224 e. The first-order valence-corrected chi connectivity index (χ1v) is 6.56. The van der Waals surface area contributed by atoms with Crippen LogP contribution in [0.25, 0.3) is 0 Å². The summed E-state index contributed by atoms with van der Waals surface area (Å²) in [5.41, 5.74) is 0. The Labute approximate surface area is 107 Å². The van der Waals surface area contributed by atoms with Crippen LogP contribution in [0, 0.1) is 5.92 Å². The second-order valence-corrected chi connectivity index (χ2v) is 4.98. The molecule has 2 rings (SSSR count). The average Bonchev–Trinajstić information content (AvgIpc) is 2.26. The van der Waals surface area contributed by atoms with E-state index in [1.807, 2.05) is 14.0 Å². The van der Waals surface area contributed by atoms with E-state index in [9.17, 15) is 0 Å². The molecule has 0 aliphatic heterocycles. The number of hydrogen-bond acceptors (Lipinski definition) is 4. The van der Waals surface area contributed by atoms with Crippen molar-refractivity contribution >= 4 is 23.4 Å². The van der Waals surface area contributed by atoms with Crippen molar-refractivity contribution in [2.75, 3.05) is 30.4 Å². The molecule has 1 aliphatic carbocycles. The minimum Gasteiger partial charge on any atom is -0.358 e. The third-order valence-corrected chi connectivity index (χ3v) is 3.45. The van der Waals surface area contributed by atoms with Gasteiger partial charge in [0.25, 0.3) is 0 Å². The smallest absolute Gasteiger partial charge is 0.224 e. The molecule has 1 N–H and O–H groups in total. The quantitative estimate of drug-likeness (QED) is 0.877. The van der Waals surface area contributed by atoms with Gasteiger partial charge in [0.1, 0.15) is 5.02 Å². The van der Waals surface area contributed by atoms with Gasteiger partial charge >= 0.3 is 0 Å². The Balaban J connectivity index is 2.08. The van der Waals surface area contributed by atoms with Gasteiger partial charge in [0.2, 0.25) is 5.95 Å². The van der Waals surface area contributed by atoms with E-state index in [2.05, 4.69) is 20.2 Å². The molecule has 0 saturated heterocycles. The van der Waals surface area contributed by atoms with Gasteiger partial charge in [0.05, 0.1) is 6.20 Å². The van der Waals surface area contributed by atoms with E-state index < -0.39 is 0 Å². The van der Waals surface area contributed by atoms with Gasteiger partial charge in [-0.05, 0) is 25.7 Å². The van der Waals surface area contributed by atoms with Crippen LogP contribution in [0.4, 0.5) is 11.8 Å². The summed E-state index contributed by atoms with van der Waals surface area (Å²) in [6.07, 6.45) is 5.68. The molecule has 0 radical (unpaired) electrons. The Bertz CT molecular complexity index is 379. The Morgan fingerprint density at radius 2 is 2.29 bits per heavy atom. The van der Waals surface area contributed by atoms with Gasteiger partial charge in [-0.25, -0.2) is 4.98 Å². The lowest BCUT2D eigenvalue weighted by Crippen LogP contribution is -2.30. The van der Waals surface area contributed by atoms with Gasteiger partial charge in [-0.3, -0.25) is 0 Å². The summed E-state index contributed by atoms with van der Waals surface area (Å²) in [6, 6.07) is 0. The van der Waals surface area contributed by atoms with Gasteiger partial charge in [-0.1, -0.05) is 18.0 Å². The first kappa shape index (κ1) is 12.4. The van der Waals surface area contributed by atoms with Gasteiger partial charge in [-0.15, -0.1) is 0 Å². The highest BCUT2D eigenvalue weighted by Crippen LogP contribution is 2.30. The van der Waals surface area contributed by atoms with Crippen LogP contribution in [0.5, 0.6) is 0 Å². The molecule has 1 aliphatic rings. The summed E-state index contributed by atoms with van der Waals surface area (Å²) < 4.78 is 0. The highest BCUT2D eigenvalue weighted by atomic mass is 35.5. The molecule has 0 aromatic carbocycles. The fourth-order valence-electron chi connectivity index (χ4n) is 2.02. The molecule has 1 aromatic rings. The van der Waals surface area contributed by atoms with Crippen LogP contribution < -0.4 is 10.2 Å². The van der Waals surface area contributed by atoms with E-state index in [4.69, 9.17) is 11.6 Å². The standard InChI is InChI=1S/C12H19ClN4/c1-3-14-12-15-7-10(13)11(16-12)17(2)8-9-5-4-6-9/h7,9H,3-6,8H2,1-2H3,(H,14,15,16). The molecule has 0 unspecified atom stereocenters. The molecule has 0 spiro atoms. The molecule has 1 heterocycles. The molecular formula is C12H19ClN4. The molecule has 1 fully saturated rings. The van der Waals surface area contributed by atoms with Crippen molar-refractivity contribution in [3.8, 4) is 0 Å². The van der Waals surface area contributed by atoms with Crippen LogP contribution in [0.3, 0.4) is 0 Å². The van der Waals surface area contributed by atoms with E-state index in [1.54, 1.807) is 6.20 Å². The van der Waals surface area contributed by atoms with Gasteiger partial charge < -0.3 is 10.2 Å². The maximum absolute atomic E-state index is 6.14. The number of hydrogen-bond donors (Lipinski definition) is 1. The number of nitrogens with zero attached hydrogens (tertiary/aromatic N) is 3. The number of nitrogens with one attached hydrogen (secondary N) is 1. The van der Waals surface area contributed by atoms with Crippen molar-refractivity contribution in [1.82, 2.24) is 9.97 Å². The normalized spacial score (nSPS) is 15.5. The first-order chi connectivity index (χ1) is 8.20. The topological polar surface area (TPSA) is 41.1 Å². The van der Waals surface area contributed by atoms with E-state index in [-0.39, 0.29) is 0 Å². The molecular weight excluding hydrogens is 236 g/mol. The van der Waals surface area contributed by atoms with Gasteiger partial charge in [-0.2, -0.15) is 4.98 Å². The number of rotatable bonds is 5. The molecule has 94 valence electrons. The predicted octanol–water partition coefficient (Wildman–Crippen LogP) is 2.80. The lowest BCUT2D eigenvalue weighted by Gasteiger charge is -2.31. The average molecular weight is 255 g/mol. The van der Waals surface area contributed by atoms with Crippen LogP contribution in [-0.4, -0.2) is 30.1 Å². The lowest BCUT2D eigenvalue weighted by atomic mass is 9.85. The van der Waals surface area contributed by atoms with Gasteiger partial charge in [0.15, 0.2) is 5.82 Å². The minimum absolute atomic E-state index is 0.619. The predicted molar refractivity (Wildman–Crippen MR) is 71.8 cm³/mol. The van der Waals surface area contributed by atoms with E-state index in [1.165, 1.54) is 19.3 Å². The number of anilines is 2. The molecule has 17 heavy (non-hydrogen) atoms. The molecule has 5 heteroatoms. The van der Waals surface area contributed by atoms with Crippen LogP contribution in [-0.2, 0) is 0 Å². The third-order valence-electron chi connectivity index (χ3n) is 3.18. The van der Waals surface area contributed by atoms with Gasteiger partial charge in [0, 0.05) is 20.1 Å². The van der Waals surface area contributed by atoms with Crippen LogP contribution in [0.2, 0.25) is 5.02 Å². The second-order valence-electron chi connectivity index (χ2n) is 4.57. The molecule has 4 nitrogen and oxygen atoms in total. The summed E-state index contributed by atoms with van der Waals surface area (Å²) in [7, 11) is 2.04. The Kier molecular flexibility index (Phi) is 4.05. The van der Waals surface area contributed by atoms with E-state index >= 15 is 0 Å². The minimum atomic E-state index is 0.619. The lowest BCUT2D eigenvalue weighted by molar-refractivity contribution is 0.321. The zero-order chi connectivity index (χ0) is 12.3. The monoisotopic (exact) mass is 254 g/mol. The molecule has 0 atom stereocenters. The maximum atomic E-state index is 6.14. The van der Waals surface area contributed by atoms with Crippen molar-refractivity contribution < 1.29 is 0 Å². The summed E-state index contributed by atoms with van der Waals surface area (Å²) in [5.74, 6) is 2.27. The second kappa shape index (κ2) is 5.54.